The van der Waals surface area contributed by atoms with E-state index in [1.165, 1.54) is 18.9 Å². The highest BCUT2D eigenvalue weighted by atomic mass is 19.1. The predicted molar refractivity (Wildman–Crippen MR) is 115 cm³/mol. The first-order chi connectivity index (χ1) is 14.5. The molecule has 7 nitrogen and oxygen atoms in total. The van der Waals surface area contributed by atoms with E-state index in [0.717, 1.165) is 18.5 Å². The Morgan fingerprint density at radius 1 is 1.37 bits per heavy atom. The Morgan fingerprint density at radius 3 is 2.87 bits per heavy atom. The number of aryl methyl sites for hydroxylation is 1. The van der Waals surface area contributed by atoms with Gasteiger partial charge in [0.15, 0.2) is 11.6 Å². The maximum Gasteiger partial charge on any atom is 0.234 e. The van der Waals surface area contributed by atoms with Gasteiger partial charge in [-0.15, -0.1) is 0 Å². The third-order valence-corrected chi connectivity index (χ3v) is 5.14. The summed E-state index contributed by atoms with van der Waals surface area (Å²) in [4.78, 5) is 24.1. The lowest BCUT2D eigenvalue weighted by Gasteiger charge is -2.25. The van der Waals surface area contributed by atoms with Gasteiger partial charge in [0.05, 0.1) is 6.54 Å². The van der Waals surface area contributed by atoms with Crippen molar-refractivity contribution >= 4 is 12.3 Å². The molecule has 1 atom stereocenters. The average molecular weight is 423 g/mol. The monoisotopic (exact) mass is 422 g/mol. The van der Waals surface area contributed by atoms with E-state index in [-0.39, 0.29) is 11.7 Å². The first-order valence-corrected chi connectivity index (χ1v) is 10.8. The molecular formula is C22H35FN4O3. The number of para-hydroxylation sites is 1. The van der Waals surface area contributed by atoms with Gasteiger partial charge in [0, 0.05) is 32.2 Å². The number of hydrogen-bond donors (Lipinski definition) is 3. The lowest BCUT2D eigenvalue weighted by Crippen LogP contribution is -2.45. The molecule has 1 unspecified atom stereocenters. The average Bonchev–Trinajstić information content (AvgIpc) is 3.54. The molecule has 3 N–H and O–H groups in total. The third kappa shape index (κ3) is 8.67. The molecule has 1 fully saturated rings. The topological polar surface area (TPSA) is 82.7 Å². The lowest BCUT2D eigenvalue weighted by atomic mass is 10.1. The smallest absolute Gasteiger partial charge is 0.234 e. The fourth-order valence-corrected chi connectivity index (χ4v) is 3.53. The minimum Gasteiger partial charge on any atom is -0.489 e. The number of carbonyl (C=O) groups excluding carboxylic acids is 2. The maximum atomic E-state index is 14.2. The van der Waals surface area contributed by atoms with E-state index in [4.69, 9.17) is 4.74 Å². The maximum absolute atomic E-state index is 14.2. The van der Waals surface area contributed by atoms with E-state index in [9.17, 15) is 14.0 Å². The molecule has 0 radical (unpaired) electrons. The van der Waals surface area contributed by atoms with Gasteiger partial charge in [0.1, 0.15) is 6.61 Å². The van der Waals surface area contributed by atoms with Crippen LogP contribution >= 0.6 is 0 Å². The Hall–Kier alpha value is -2.19. The van der Waals surface area contributed by atoms with Gasteiger partial charge in [-0.25, -0.2) is 4.39 Å². The molecule has 0 saturated heterocycles. The van der Waals surface area contributed by atoms with Gasteiger partial charge in [0.2, 0.25) is 12.3 Å². The Morgan fingerprint density at radius 2 is 2.17 bits per heavy atom. The molecule has 1 saturated carbocycles. The van der Waals surface area contributed by atoms with Crippen LogP contribution in [0.5, 0.6) is 5.75 Å². The molecule has 1 aliphatic carbocycles. The minimum absolute atomic E-state index is 0.0355. The van der Waals surface area contributed by atoms with Crippen molar-refractivity contribution in [2.45, 2.75) is 38.6 Å². The van der Waals surface area contributed by atoms with E-state index in [0.29, 0.717) is 63.3 Å². The van der Waals surface area contributed by atoms with Crippen LogP contribution in [0.2, 0.25) is 0 Å². The number of likely N-dealkylation sites (N-methyl/N-ethyl adjacent to an activating group) is 2. The second-order valence-corrected chi connectivity index (χ2v) is 7.80. The molecular weight excluding hydrogens is 387 g/mol. The Labute approximate surface area is 178 Å². The van der Waals surface area contributed by atoms with Crippen LogP contribution in [-0.2, 0) is 16.0 Å². The summed E-state index contributed by atoms with van der Waals surface area (Å²) in [7, 11) is 1.95. The number of halogens is 1. The number of carbonyl (C=O) groups is 2. The summed E-state index contributed by atoms with van der Waals surface area (Å²) in [6.07, 6.45) is 4.41. The van der Waals surface area contributed by atoms with Crippen molar-refractivity contribution in [3.05, 3.63) is 29.6 Å². The van der Waals surface area contributed by atoms with Gasteiger partial charge in [-0.1, -0.05) is 12.1 Å². The van der Waals surface area contributed by atoms with Gasteiger partial charge >= 0.3 is 0 Å². The summed E-state index contributed by atoms with van der Waals surface area (Å²) in [5.41, 5.74) is 0.808. The Bertz CT molecular complexity index is 670. The number of nitrogens with one attached hydrogen (secondary N) is 3. The third-order valence-electron chi connectivity index (χ3n) is 5.14. The molecule has 0 aliphatic heterocycles. The summed E-state index contributed by atoms with van der Waals surface area (Å²) in [6.45, 7) is 5.24. The molecule has 1 aliphatic rings. The standard InChI is InChI=1S/C22H35FN4O3/c1-3-25-21(29)15-27(2)14-20(17-9-10-17)26-12-13-30-22-18(6-4-8-19(22)23)7-5-11-24-16-28/h4,6,8,16-17,20,26H,3,5,7,9-15H2,1-2H3,(H,24,28)(H,25,29). The van der Waals surface area contributed by atoms with Crippen LogP contribution in [0.4, 0.5) is 4.39 Å². The molecule has 0 bridgehead atoms. The van der Waals surface area contributed by atoms with Gasteiger partial charge in [-0.3, -0.25) is 14.5 Å². The molecule has 0 heterocycles. The van der Waals surface area contributed by atoms with Gasteiger partial charge in [-0.05, 0) is 57.2 Å². The van der Waals surface area contributed by atoms with E-state index in [1.807, 2.05) is 24.9 Å². The van der Waals surface area contributed by atoms with Crippen molar-refractivity contribution in [3.8, 4) is 5.75 Å². The van der Waals surface area contributed by atoms with Crippen molar-refractivity contribution in [3.63, 3.8) is 0 Å². The fourth-order valence-electron chi connectivity index (χ4n) is 3.53. The largest absolute Gasteiger partial charge is 0.489 e. The van der Waals surface area contributed by atoms with Gasteiger partial charge < -0.3 is 20.7 Å². The SMILES string of the molecule is CCNC(=O)CN(C)CC(NCCOc1c(F)cccc1CCCNC=O)C1CC1. The highest BCUT2D eigenvalue weighted by Gasteiger charge is 2.31. The molecule has 1 aromatic rings. The van der Waals surface area contributed by atoms with Crippen LogP contribution in [0.3, 0.4) is 0 Å². The molecule has 0 aromatic heterocycles. The number of ether oxygens (including phenoxy) is 1. The predicted octanol–water partition coefficient (Wildman–Crippen LogP) is 1.32. The van der Waals surface area contributed by atoms with Crippen LogP contribution in [0.15, 0.2) is 18.2 Å². The Kier molecular flexibility index (Phi) is 10.6. The molecule has 2 amide bonds. The molecule has 1 aromatic carbocycles. The summed E-state index contributed by atoms with van der Waals surface area (Å²) >= 11 is 0. The molecule has 0 spiro atoms. The zero-order valence-corrected chi connectivity index (χ0v) is 18.1. The highest BCUT2D eigenvalue weighted by molar-refractivity contribution is 5.77. The number of nitrogens with zero attached hydrogens (tertiary/aromatic N) is 1. The summed E-state index contributed by atoms with van der Waals surface area (Å²) < 4.78 is 20.0. The zero-order valence-electron chi connectivity index (χ0n) is 18.1. The van der Waals surface area contributed by atoms with Crippen LogP contribution < -0.4 is 20.7 Å². The summed E-state index contributed by atoms with van der Waals surface area (Å²) in [6, 6.07) is 5.23. The number of amides is 2. The van der Waals surface area contributed by atoms with Crippen LogP contribution in [0.1, 0.15) is 31.7 Å². The van der Waals surface area contributed by atoms with Crippen molar-refractivity contribution in [1.29, 1.82) is 0 Å². The van der Waals surface area contributed by atoms with E-state index in [1.54, 1.807) is 6.07 Å². The van der Waals surface area contributed by atoms with Crippen molar-refractivity contribution in [1.82, 2.24) is 20.9 Å². The van der Waals surface area contributed by atoms with Crippen LogP contribution in [0, 0.1) is 11.7 Å². The molecule has 2 rings (SSSR count). The molecule has 30 heavy (non-hydrogen) atoms. The molecule has 168 valence electrons. The summed E-state index contributed by atoms with van der Waals surface area (Å²) in [5.74, 6) is 0.585. The highest BCUT2D eigenvalue weighted by Crippen LogP contribution is 2.33. The zero-order chi connectivity index (χ0) is 21.8. The van der Waals surface area contributed by atoms with Crippen molar-refractivity contribution in [2.75, 3.05) is 46.4 Å². The van der Waals surface area contributed by atoms with Crippen molar-refractivity contribution < 1.29 is 18.7 Å². The van der Waals surface area contributed by atoms with E-state index >= 15 is 0 Å². The van der Waals surface area contributed by atoms with Gasteiger partial charge in [-0.2, -0.15) is 0 Å². The number of benzene rings is 1. The lowest BCUT2D eigenvalue weighted by molar-refractivity contribution is -0.121. The number of hydrogen-bond acceptors (Lipinski definition) is 5. The quantitative estimate of drug-likeness (QED) is 0.277. The van der Waals surface area contributed by atoms with Crippen LogP contribution in [-0.4, -0.2) is 69.6 Å². The second kappa shape index (κ2) is 13.2. The van der Waals surface area contributed by atoms with Crippen LogP contribution in [0.25, 0.3) is 0 Å². The van der Waals surface area contributed by atoms with E-state index < -0.39 is 0 Å². The van der Waals surface area contributed by atoms with E-state index in [2.05, 4.69) is 16.0 Å². The summed E-state index contributed by atoms with van der Waals surface area (Å²) in [5, 5.41) is 8.95. The van der Waals surface area contributed by atoms with Gasteiger partial charge in [0.25, 0.3) is 0 Å². The van der Waals surface area contributed by atoms with Crippen molar-refractivity contribution in [2.24, 2.45) is 5.92 Å². The number of rotatable bonds is 16. The normalized spacial score (nSPS) is 14.4. The minimum atomic E-state index is -0.365. The Balaban J connectivity index is 1.78. The fraction of sp³-hybridized carbons (Fsp3) is 0.636. The second-order valence-electron chi connectivity index (χ2n) is 7.80. The first kappa shape index (κ1) is 24.1. The molecule has 8 heteroatoms. The first-order valence-electron chi connectivity index (χ1n) is 10.8.